The Labute approximate surface area is 113 Å². The van der Waals surface area contributed by atoms with E-state index in [-0.39, 0.29) is 5.69 Å². The van der Waals surface area contributed by atoms with E-state index in [9.17, 15) is 9.59 Å². The molecule has 102 valence electrons. The Balaban J connectivity index is 2.62. The lowest BCUT2D eigenvalue weighted by Crippen LogP contribution is -2.13. The number of rotatable bonds is 4. The van der Waals surface area contributed by atoms with Crippen LogP contribution in [-0.4, -0.2) is 39.2 Å². The van der Waals surface area contributed by atoms with Crippen LogP contribution in [0, 0.1) is 0 Å². The molecule has 0 aliphatic heterocycles. The number of hydrogen-bond donors (Lipinski definition) is 2. The van der Waals surface area contributed by atoms with Crippen LogP contribution in [-0.2, 0) is 0 Å². The number of ether oxygens (including phenoxy) is 1. The van der Waals surface area contributed by atoms with Gasteiger partial charge in [-0.1, -0.05) is 12.1 Å². The average molecular weight is 274 g/mol. The molecule has 0 atom stereocenters. The molecular weight excluding hydrogens is 264 g/mol. The molecule has 20 heavy (non-hydrogen) atoms. The summed E-state index contributed by atoms with van der Waals surface area (Å²) in [6.07, 6.45) is 1.20. The average Bonchev–Trinajstić information content (AvgIpc) is 2.46. The maximum atomic E-state index is 11.1. The molecule has 0 fully saturated rings. The molecule has 0 saturated heterocycles. The highest BCUT2D eigenvalue weighted by atomic mass is 16.5. The van der Waals surface area contributed by atoms with Crippen molar-refractivity contribution < 1.29 is 24.5 Å². The van der Waals surface area contributed by atoms with Crippen molar-refractivity contribution in [1.82, 2.24) is 9.97 Å². The van der Waals surface area contributed by atoms with Crippen LogP contribution in [0.15, 0.2) is 30.5 Å². The van der Waals surface area contributed by atoms with E-state index in [2.05, 4.69) is 9.97 Å². The second kappa shape index (κ2) is 5.35. The Hall–Kier alpha value is -2.96. The molecule has 2 N–H and O–H groups in total. The highest BCUT2D eigenvalue weighted by molar-refractivity contribution is 5.99. The van der Waals surface area contributed by atoms with Crippen LogP contribution < -0.4 is 4.74 Å². The van der Waals surface area contributed by atoms with Crippen LogP contribution in [0.4, 0.5) is 0 Å². The minimum atomic E-state index is -1.45. The van der Waals surface area contributed by atoms with Gasteiger partial charge >= 0.3 is 11.9 Å². The SMILES string of the molecule is COc1ccccc1-c1cnc(C(=O)O)c(C(=O)O)n1. The number of carboxylic acid groups (broad SMARTS) is 2. The maximum Gasteiger partial charge on any atom is 0.357 e. The van der Waals surface area contributed by atoms with Gasteiger partial charge < -0.3 is 14.9 Å². The molecule has 0 saturated carbocycles. The molecule has 0 amide bonds. The minimum absolute atomic E-state index is 0.227. The van der Waals surface area contributed by atoms with E-state index in [1.807, 2.05) is 0 Å². The molecule has 7 heteroatoms. The summed E-state index contributed by atoms with van der Waals surface area (Å²) in [5.41, 5.74) is -0.455. The Morgan fingerprint density at radius 2 is 1.75 bits per heavy atom. The van der Waals surface area contributed by atoms with Gasteiger partial charge in [0.1, 0.15) is 5.75 Å². The van der Waals surface area contributed by atoms with E-state index in [4.69, 9.17) is 14.9 Å². The standard InChI is InChI=1S/C13H10N2O5/c1-20-9-5-3-2-4-7(9)8-6-14-10(12(16)17)11(15-8)13(18)19/h2-6H,1H3,(H,16,17)(H,18,19). The van der Waals surface area contributed by atoms with E-state index >= 15 is 0 Å². The van der Waals surface area contributed by atoms with Gasteiger partial charge in [-0.15, -0.1) is 0 Å². The Morgan fingerprint density at radius 1 is 1.10 bits per heavy atom. The van der Waals surface area contributed by atoms with Crippen molar-refractivity contribution in [2.24, 2.45) is 0 Å². The summed E-state index contributed by atoms with van der Waals surface area (Å²) in [4.78, 5) is 29.5. The summed E-state index contributed by atoms with van der Waals surface area (Å²) in [7, 11) is 1.47. The highest BCUT2D eigenvalue weighted by Crippen LogP contribution is 2.28. The van der Waals surface area contributed by atoms with Crippen molar-refractivity contribution in [3.05, 3.63) is 41.9 Å². The van der Waals surface area contributed by atoms with Crippen LogP contribution >= 0.6 is 0 Å². The molecule has 0 unspecified atom stereocenters. The smallest absolute Gasteiger partial charge is 0.357 e. The third-order valence-electron chi connectivity index (χ3n) is 2.56. The predicted molar refractivity (Wildman–Crippen MR) is 67.9 cm³/mol. The lowest BCUT2D eigenvalue weighted by Gasteiger charge is -2.08. The highest BCUT2D eigenvalue weighted by Gasteiger charge is 2.21. The molecule has 2 aromatic rings. The van der Waals surface area contributed by atoms with Gasteiger partial charge in [0.15, 0.2) is 11.4 Å². The fourth-order valence-corrected chi connectivity index (χ4v) is 1.68. The molecule has 7 nitrogen and oxygen atoms in total. The lowest BCUT2D eigenvalue weighted by atomic mass is 10.1. The van der Waals surface area contributed by atoms with Gasteiger partial charge in [0.2, 0.25) is 0 Å². The van der Waals surface area contributed by atoms with Gasteiger partial charge in [-0.25, -0.2) is 19.6 Å². The van der Waals surface area contributed by atoms with E-state index in [0.29, 0.717) is 11.3 Å². The van der Waals surface area contributed by atoms with E-state index in [1.54, 1.807) is 24.3 Å². The van der Waals surface area contributed by atoms with Crippen molar-refractivity contribution in [3.8, 4) is 17.0 Å². The monoisotopic (exact) mass is 274 g/mol. The first kappa shape index (κ1) is 13.5. The number of aromatic carboxylic acids is 2. The summed E-state index contributed by atoms with van der Waals surface area (Å²) < 4.78 is 5.15. The number of benzene rings is 1. The number of nitrogens with zero attached hydrogens (tertiary/aromatic N) is 2. The summed E-state index contributed by atoms with van der Waals surface area (Å²) in [6.45, 7) is 0. The van der Waals surface area contributed by atoms with Crippen LogP contribution in [0.1, 0.15) is 21.0 Å². The van der Waals surface area contributed by atoms with Crippen molar-refractivity contribution in [2.45, 2.75) is 0 Å². The molecule has 0 bridgehead atoms. The molecule has 1 aromatic heterocycles. The predicted octanol–water partition coefficient (Wildman–Crippen LogP) is 1.55. The zero-order chi connectivity index (χ0) is 14.7. The van der Waals surface area contributed by atoms with Crippen LogP contribution in [0.25, 0.3) is 11.3 Å². The van der Waals surface area contributed by atoms with E-state index < -0.39 is 23.3 Å². The number of para-hydroxylation sites is 1. The summed E-state index contributed by atoms with van der Waals surface area (Å²) in [5, 5.41) is 17.9. The number of methoxy groups -OCH3 is 1. The molecule has 0 aliphatic rings. The van der Waals surface area contributed by atoms with Crippen LogP contribution in [0.2, 0.25) is 0 Å². The molecule has 1 aromatic carbocycles. The van der Waals surface area contributed by atoms with Gasteiger partial charge in [0.25, 0.3) is 0 Å². The first-order valence-electron chi connectivity index (χ1n) is 5.51. The fraction of sp³-hybridized carbons (Fsp3) is 0.0769. The van der Waals surface area contributed by atoms with Crippen LogP contribution in [0.3, 0.4) is 0 Å². The zero-order valence-corrected chi connectivity index (χ0v) is 10.4. The molecule has 0 aliphatic carbocycles. The molecular formula is C13H10N2O5. The van der Waals surface area contributed by atoms with Crippen LogP contribution in [0.5, 0.6) is 5.75 Å². The van der Waals surface area contributed by atoms with Crippen molar-refractivity contribution in [1.29, 1.82) is 0 Å². The van der Waals surface area contributed by atoms with E-state index in [0.717, 1.165) is 0 Å². The topological polar surface area (TPSA) is 110 Å². The Bertz CT molecular complexity index is 684. The number of carbonyl (C=O) groups is 2. The number of carboxylic acids is 2. The fourth-order valence-electron chi connectivity index (χ4n) is 1.68. The number of aromatic nitrogens is 2. The molecule has 0 radical (unpaired) electrons. The largest absolute Gasteiger partial charge is 0.496 e. The first-order valence-corrected chi connectivity index (χ1v) is 5.51. The maximum absolute atomic E-state index is 11.1. The third-order valence-corrected chi connectivity index (χ3v) is 2.56. The first-order chi connectivity index (χ1) is 9.54. The zero-order valence-electron chi connectivity index (χ0n) is 10.4. The van der Waals surface area contributed by atoms with Gasteiger partial charge in [-0.05, 0) is 12.1 Å². The van der Waals surface area contributed by atoms with Gasteiger partial charge in [-0.2, -0.15) is 0 Å². The molecule has 2 rings (SSSR count). The van der Waals surface area contributed by atoms with Crippen molar-refractivity contribution >= 4 is 11.9 Å². The normalized spacial score (nSPS) is 10.1. The second-order valence-electron chi connectivity index (χ2n) is 3.76. The van der Waals surface area contributed by atoms with Gasteiger partial charge in [0, 0.05) is 5.56 Å². The lowest BCUT2D eigenvalue weighted by molar-refractivity contribution is 0.0641. The number of hydrogen-bond acceptors (Lipinski definition) is 5. The minimum Gasteiger partial charge on any atom is -0.496 e. The second-order valence-corrected chi connectivity index (χ2v) is 3.76. The summed E-state index contributed by atoms with van der Waals surface area (Å²) >= 11 is 0. The quantitative estimate of drug-likeness (QED) is 0.870. The van der Waals surface area contributed by atoms with E-state index in [1.165, 1.54) is 13.3 Å². The molecule has 0 spiro atoms. The van der Waals surface area contributed by atoms with Crippen molar-refractivity contribution in [2.75, 3.05) is 7.11 Å². The van der Waals surface area contributed by atoms with Crippen molar-refractivity contribution in [3.63, 3.8) is 0 Å². The third kappa shape index (κ3) is 2.41. The van der Waals surface area contributed by atoms with Gasteiger partial charge in [0.05, 0.1) is 19.0 Å². The summed E-state index contributed by atoms with van der Waals surface area (Å²) in [6, 6.07) is 6.84. The van der Waals surface area contributed by atoms with Gasteiger partial charge in [-0.3, -0.25) is 0 Å². The molecule has 1 heterocycles. The Kier molecular flexibility index (Phi) is 3.60. The Morgan fingerprint density at radius 3 is 2.35 bits per heavy atom. The summed E-state index contributed by atoms with van der Waals surface area (Å²) in [5.74, 6) is -2.41.